The van der Waals surface area contributed by atoms with Gasteiger partial charge < -0.3 is 14.8 Å². The van der Waals surface area contributed by atoms with E-state index in [0.29, 0.717) is 6.04 Å². The Morgan fingerprint density at radius 1 is 1.60 bits per heavy atom. The van der Waals surface area contributed by atoms with Crippen LogP contribution in [0.25, 0.3) is 0 Å². The summed E-state index contributed by atoms with van der Waals surface area (Å²) in [5, 5.41) is 13.0. The van der Waals surface area contributed by atoms with Crippen molar-refractivity contribution in [3.8, 4) is 0 Å². The molecule has 3 nitrogen and oxygen atoms in total. The summed E-state index contributed by atoms with van der Waals surface area (Å²) in [7, 11) is 0. The van der Waals surface area contributed by atoms with Crippen molar-refractivity contribution in [1.82, 2.24) is 5.32 Å². The van der Waals surface area contributed by atoms with E-state index in [0.717, 1.165) is 22.5 Å². The molecule has 2 rings (SSSR count). The standard InChI is InChI=1S/C11H16INO2/c1-11(2)8(5-9(11)14)13-6-7-3-4-10(12)15-7/h3-4,8-9,13-14H,5-6H2,1-2H3. The molecule has 15 heavy (non-hydrogen) atoms. The van der Waals surface area contributed by atoms with Crippen LogP contribution < -0.4 is 5.32 Å². The van der Waals surface area contributed by atoms with Crippen molar-refractivity contribution in [1.29, 1.82) is 0 Å². The molecule has 2 atom stereocenters. The third-order valence-corrected chi connectivity index (χ3v) is 3.95. The van der Waals surface area contributed by atoms with Crippen LogP contribution >= 0.6 is 22.6 Å². The molecular formula is C11H16INO2. The summed E-state index contributed by atoms with van der Waals surface area (Å²) in [6.07, 6.45) is 0.664. The van der Waals surface area contributed by atoms with E-state index in [1.165, 1.54) is 0 Å². The van der Waals surface area contributed by atoms with Crippen molar-refractivity contribution in [2.75, 3.05) is 0 Å². The van der Waals surface area contributed by atoms with Gasteiger partial charge in [-0.25, -0.2) is 0 Å². The summed E-state index contributed by atoms with van der Waals surface area (Å²) in [5.74, 6) is 0.955. The third kappa shape index (κ3) is 2.21. The Bertz CT molecular complexity index is 348. The van der Waals surface area contributed by atoms with Crippen LogP contribution in [0.3, 0.4) is 0 Å². The highest BCUT2D eigenvalue weighted by molar-refractivity contribution is 14.1. The van der Waals surface area contributed by atoms with Crippen molar-refractivity contribution in [3.63, 3.8) is 0 Å². The third-order valence-electron chi connectivity index (χ3n) is 3.37. The first-order valence-corrected chi connectivity index (χ1v) is 6.23. The molecule has 1 aliphatic rings. The molecule has 1 aliphatic carbocycles. The van der Waals surface area contributed by atoms with E-state index in [-0.39, 0.29) is 11.5 Å². The lowest BCUT2D eigenvalue weighted by molar-refractivity contribution is -0.0734. The smallest absolute Gasteiger partial charge is 0.164 e. The van der Waals surface area contributed by atoms with Gasteiger partial charge in [-0.3, -0.25) is 0 Å². The van der Waals surface area contributed by atoms with Crippen LogP contribution in [0.2, 0.25) is 0 Å². The van der Waals surface area contributed by atoms with E-state index < -0.39 is 0 Å². The molecule has 0 bridgehead atoms. The molecule has 0 aliphatic heterocycles. The minimum atomic E-state index is -0.174. The van der Waals surface area contributed by atoms with Crippen LogP contribution in [0.5, 0.6) is 0 Å². The number of aliphatic hydroxyl groups is 1. The highest BCUT2D eigenvalue weighted by Crippen LogP contribution is 2.40. The lowest BCUT2D eigenvalue weighted by Gasteiger charge is -2.49. The quantitative estimate of drug-likeness (QED) is 0.839. The molecule has 4 heteroatoms. The summed E-state index contributed by atoms with van der Waals surface area (Å²) in [6, 6.07) is 4.32. The van der Waals surface area contributed by atoms with E-state index in [2.05, 4.69) is 41.8 Å². The van der Waals surface area contributed by atoms with Gasteiger partial charge in [0, 0.05) is 11.5 Å². The molecule has 1 aromatic heterocycles. The van der Waals surface area contributed by atoms with Crippen molar-refractivity contribution in [3.05, 3.63) is 21.7 Å². The van der Waals surface area contributed by atoms with E-state index in [1.54, 1.807) is 0 Å². The first-order valence-electron chi connectivity index (χ1n) is 5.16. The average Bonchev–Trinajstić information content (AvgIpc) is 2.58. The molecule has 84 valence electrons. The highest BCUT2D eigenvalue weighted by atomic mass is 127. The molecule has 1 saturated carbocycles. The van der Waals surface area contributed by atoms with Crippen LogP contribution in [0.15, 0.2) is 16.5 Å². The Labute approximate surface area is 103 Å². The van der Waals surface area contributed by atoms with Crippen LogP contribution in [0.1, 0.15) is 26.0 Å². The zero-order valence-electron chi connectivity index (χ0n) is 8.96. The SMILES string of the molecule is CC1(C)C(O)CC1NCc1ccc(I)o1. The zero-order valence-corrected chi connectivity index (χ0v) is 11.1. The number of hydrogen-bond donors (Lipinski definition) is 2. The number of rotatable bonds is 3. The Morgan fingerprint density at radius 3 is 2.80 bits per heavy atom. The molecule has 1 fully saturated rings. The lowest BCUT2D eigenvalue weighted by atomic mass is 9.64. The van der Waals surface area contributed by atoms with E-state index in [9.17, 15) is 5.11 Å². The normalized spacial score (nSPS) is 28.8. The summed E-state index contributed by atoms with van der Waals surface area (Å²) in [6.45, 7) is 4.92. The Morgan fingerprint density at radius 2 is 2.33 bits per heavy atom. The van der Waals surface area contributed by atoms with Crippen molar-refractivity contribution < 1.29 is 9.52 Å². The molecule has 1 aromatic rings. The summed E-state index contributed by atoms with van der Waals surface area (Å²) >= 11 is 2.16. The largest absolute Gasteiger partial charge is 0.454 e. The fourth-order valence-electron chi connectivity index (χ4n) is 1.92. The van der Waals surface area contributed by atoms with Gasteiger partial charge in [-0.05, 0) is 41.1 Å². The molecule has 0 spiro atoms. The summed E-state index contributed by atoms with van der Waals surface area (Å²) < 4.78 is 6.37. The Kier molecular flexibility index (Phi) is 3.10. The van der Waals surface area contributed by atoms with Gasteiger partial charge in [-0.1, -0.05) is 13.8 Å². The maximum absolute atomic E-state index is 9.58. The van der Waals surface area contributed by atoms with Crippen LogP contribution in [0, 0.1) is 9.18 Å². The fourth-order valence-corrected chi connectivity index (χ4v) is 2.38. The van der Waals surface area contributed by atoms with E-state index >= 15 is 0 Å². The zero-order chi connectivity index (χ0) is 11.1. The van der Waals surface area contributed by atoms with E-state index in [4.69, 9.17) is 4.42 Å². The highest BCUT2D eigenvalue weighted by Gasteiger charge is 2.46. The fraction of sp³-hybridized carbons (Fsp3) is 0.636. The van der Waals surface area contributed by atoms with Crippen molar-refractivity contribution >= 4 is 22.6 Å². The second kappa shape index (κ2) is 4.07. The van der Waals surface area contributed by atoms with Gasteiger partial charge in [0.2, 0.25) is 0 Å². The molecule has 0 saturated heterocycles. The maximum atomic E-state index is 9.58. The van der Waals surface area contributed by atoms with Gasteiger partial charge in [0.05, 0.1) is 12.6 Å². The first kappa shape index (κ1) is 11.4. The summed E-state index contributed by atoms with van der Waals surface area (Å²) in [5.41, 5.74) is -0.0141. The van der Waals surface area contributed by atoms with Gasteiger partial charge in [-0.15, -0.1) is 0 Å². The predicted molar refractivity (Wildman–Crippen MR) is 66.5 cm³/mol. The molecule has 2 unspecified atom stereocenters. The van der Waals surface area contributed by atoms with E-state index in [1.807, 2.05) is 12.1 Å². The average molecular weight is 321 g/mol. The van der Waals surface area contributed by atoms with Gasteiger partial charge in [-0.2, -0.15) is 0 Å². The Balaban J connectivity index is 1.85. The maximum Gasteiger partial charge on any atom is 0.164 e. The Hall–Kier alpha value is -0.0700. The monoisotopic (exact) mass is 321 g/mol. The molecular weight excluding hydrogens is 305 g/mol. The second-order valence-corrected chi connectivity index (χ2v) is 5.78. The molecule has 0 radical (unpaired) electrons. The number of nitrogens with one attached hydrogen (secondary N) is 1. The molecule has 0 amide bonds. The first-order chi connectivity index (χ1) is 7.00. The number of hydrogen-bond acceptors (Lipinski definition) is 3. The topological polar surface area (TPSA) is 45.4 Å². The van der Waals surface area contributed by atoms with Crippen molar-refractivity contribution in [2.45, 2.75) is 39.0 Å². The van der Waals surface area contributed by atoms with Crippen LogP contribution in [0.4, 0.5) is 0 Å². The minimum Gasteiger partial charge on any atom is -0.454 e. The number of aliphatic hydroxyl groups excluding tert-OH is 1. The number of furan rings is 1. The molecule has 2 N–H and O–H groups in total. The van der Waals surface area contributed by atoms with Crippen LogP contribution in [-0.4, -0.2) is 17.3 Å². The minimum absolute atomic E-state index is 0.0141. The lowest BCUT2D eigenvalue weighted by Crippen LogP contribution is -2.59. The van der Waals surface area contributed by atoms with Gasteiger partial charge in [0.1, 0.15) is 5.76 Å². The van der Waals surface area contributed by atoms with Crippen LogP contribution in [-0.2, 0) is 6.54 Å². The van der Waals surface area contributed by atoms with Gasteiger partial charge in [0.25, 0.3) is 0 Å². The van der Waals surface area contributed by atoms with Gasteiger partial charge >= 0.3 is 0 Å². The predicted octanol–water partition coefficient (Wildman–Crippen LogP) is 2.13. The van der Waals surface area contributed by atoms with Gasteiger partial charge in [0.15, 0.2) is 3.77 Å². The second-order valence-electron chi connectivity index (χ2n) is 4.71. The molecule has 1 heterocycles. The van der Waals surface area contributed by atoms with Crippen molar-refractivity contribution in [2.24, 2.45) is 5.41 Å². The summed E-state index contributed by atoms with van der Waals surface area (Å²) in [4.78, 5) is 0. The molecule has 0 aromatic carbocycles. The number of halogens is 1.